The number of ether oxygens (including phenoxy) is 1. The van der Waals surface area contributed by atoms with Gasteiger partial charge in [-0.3, -0.25) is 10.1 Å². The van der Waals surface area contributed by atoms with E-state index in [2.05, 4.69) is 16.4 Å². The Morgan fingerprint density at radius 3 is 3.00 bits per heavy atom. The van der Waals surface area contributed by atoms with Crippen molar-refractivity contribution >= 4 is 29.5 Å². The van der Waals surface area contributed by atoms with Gasteiger partial charge in [-0.05, 0) is 29.8 Å². The quantitative estimate of drug-likeness (QED) is 0.765. The maximum absolute atomic E-state index is 11.1. The zero-order valence-electron chi connectivity index (χ0n) is 13.1. The molecular weight excluding hydrogens is 344 g/mol. The van der Waals surface area contributed by atoms with Crippen LogP contribution in [0.1, 0.15) is 16.5 Å². The van der Waals surface area contributed by atoms with Gasteiger partial charge < -0.3 is 9.84 Å². The van der Waals surface area contributed by atoms with Gasteiger partial charge in [0.1, 0.15) is 11.8 Å². The van der Waals surface area contributed by atoms with Crippen molar-refractivity contribution in [2.75, 3.05) is 12.9 Å². The van der Waals surface area contributed by atoms with Crippen molar-refractivity contribution in [3.05, 3.63) is 53.7 Å². The van der Waals surface area contributed by atoms with Gasteiger partial charge >= 0.3 is 5.97 Å². The van der Waals surface area contributed by atoms with Crippen LogP contribution >= 0.6 is 23.5 Å². The minimum Gasteiger partial charge on any atom is -0.496 e. The molecule has 0 bridgehead atoms. The van der Waals surface area contributed by atoms with E-state index in [1.165, 1.54) is 0 Å². The molecule has 126 valence electrons. The highest BCUT2D eigenvalue weighted by Crippen LogP contribution is 2.36. The van der Waals surface area contributed by atoms with E-state index in [0.29, 0.717) is 5.75 Å². The first-order valence-electron chi connectivity index (χ1n) is 7.48. The smallest absolute Gasteiger partial charge is 0.321 e. The summed E-state index contributed by atoms with van der Waals surface area (Å²) < 4.78 is 5.46. The number of aliphatic carboxylic acids is 1. The molecule has 2 atom stereocenters. The van der Waals surface area contributed by atoms with Crippen LogP contribution in [-0.4, -0.2) is 35.0 Å². The Balaban J connectivity index is 1.74. The van der Waals surface area contributed by atoms with Crippen molar-refractivity contribution in [1.29, 1.82) is 0 Å². The molecule has 24 heavy (non-hydrogen) atoms. The number of thioether (sulfide) groups is 2. The Bertz CT molecular complexity index is 712. The van der Waals surface area contributed by atoms with Crippen LogP contribution in [0.2, 0.25) is 0 Å². The van der Waals surface area contributed by atoms with Gasteiger partial charge in [-0.2, -0.15) is 0 Å². The predicted octanol–water partition coefficient (Wildman–Crippen LogP) is 3.17. The fourth-order valence-electron chi connectivity index (χ4n) is 2.46. The summed E-state index contributed by atoms with van der Waals surface area (Å²) in [6.45, 7) is 0. The second-order valence-corrected chi connectivity index (χ2v) is 7.43. The van der Waals surface area contributed by atoms with Crippen LogP contribution in [0.5, 0.6) is 5.75 Å². The molecule has 2 heterocycles. The van der Waals surface area contributed by atoms with E-state index < -0.39 is 12.0 Å². The van der Waals surface area contributed by atoms with Crippen LogP contribution in [0.3, 0.4) is 0 Å². The molecule has 1 aliphatic rings. The van der Waals surface area contributed by atoms with Crippen molar-refractivity contribution in [2.45, 2.75) is 22.2 Å². The normalized spacial score (nSPS) is 20.0. The number of carboxylic acid groups (broad SMARTS) is 1. The van der Waals surface area contributed by atoms with Gasteiger partial charge in [0.25, 0.3) is 0 Å². The Labute approximate surface area is 149 Å². The van der Waals surface area contributed by atoms with Crippen LogP contribution in [0.4, 0.5) is 0 Å². The van der Waals surface area contributed by atoms with E-state index in [1.807, 2.05) is 30.3 Å². The Hall–Kier alpha value is -1.70. The average molecular weight is 362 g/mol. The van der Waals surface area contributed by atoms with Gasteiger partial charge in [0.05, 0.1) is 17.5 Å². The van der Waals surface area contributed by atoms with E-state index in [-0.39, 0.29) is 5.37 Å². The second kappa shape index (κ2) is 7.92. The van der Waals surface area contributed by atoms with Crippen LogP contribution in [-0.2, 0) is 10.5 Å². The Kier molecular flexibility index (Phi) is 5.65. The van der Waals surface area contributed by atoms with Crippen LogP contribution in [0.25, 0.3) is 0 Å². The molecule has 5 nitrogen and oxygen atoms in total. The molecule has 1 aromatic carbocycles. The monoisotopic (exact) mass is 362 g/mol. The van der Waals surface area contributed by atoms with E-state index >= 15 is 0 Å². The first kappa shape index (κ1) is 17.1. The Morgan fingerprint density at radius 2 is 2.33 bits per heavy atom. The molecule has 0 amide bonds. The van der Waals surface area contributed by atoms with Crippen LogP contribution in [0.15, 0.2) is 47.6 Å². The highest BCUT2D eigenvalue weighted by Gasteiger charge is 2.30. The summed E-state index contributed by atoms with van der Waals surface area (Å²) in [5.41, 5.74) is 2.15. The summed E-state index contributed by atoms with van der Waals surface area (Å²) in [6.07, 6.45) is 1.78. The summed E-state index contributed by atoms with van der Waals surface area (Å²) >= 11 is 3.26. The molecule has 2 aromatic rings. The summed E-state index contributed by atoms with van der Waals surface area (Å²) in [4.78, 5) is 15.4. The predicted molar refractivity (Wildman–Crippen MR) is 96.6 cm³/mol. The SMILES string of the molecule is COc1ccc(C2NC(C(=O)O)CS2)cc1CSc1ccccn1. The molecule has 2 unspecified atom stereocenters. The zero-order chi connectivity index (χ0) is 16.9. The van der Waals surface area contributed by atoms with E-state index in [1.54, 1.807) is 36.8 Å². The van der Waals surface area contributed by atoms with E-state index in [9.17, 15) is 4.79 Å². The summed E-state index contributed by atoms with van der Waals surface area (Å²) in [5, 5.41) is 13.2. The lowest BCUT2D eigenvalue weighted by Gasteiger charge is -2.15. The maximum atomic E-state index is 11.1. The van der Waals surface area contributed by atoms with E-state index in [4.69, 9.17) is 9.84 Å². The number of carboxylic acids is 1. The van der Waals surface area contributed by atoms with Gasteiger partial charge in [-0.15, -0.1) is 23.5 Å². The number of methoxy groups -OCH3 is 1. The minimum atomic E-state index is -0.801. The number of hydrogen-bond donors (Lipinski definition) is 2. The summed E-state index contributed by atoms with van der Waals surface area (Å²) in [7, 11) is 1.66. The van der Waals surface area contributed by atoms with Gasteiger partial charge in [-0.25, -0.2) is 4.98 Å². The molecule has 7 heteroatoms. The van der Waals surface area contributed by atoms with Crippen molar-refractivity contribution in [3.8, 4) is 5.75 Å². The maximum Gasteiger partial charge on any atom is 0.321 e. The van der Waals surface area contributed by atoms with Crippen molar-refractivity contribution < 1.29 is 14.6 Å². The molecule has 0 aliphatic carbocycles. The molecule has 2 N–H and O–H groups in total. The topological polar surface area (TPSA) is 71.5 Å². The molecule has 3 rings (SSSR count). The largest absolute Gasteiger partial charge is 0.496 e. The van der Waals surface area contributed by atoms with Gasteiger partial charge in [-0.1, -0.05) is 12.1 Å². The molecule has 1 aromatic heterocycles. The number of benzene rings is 1. The summed E-state index contributed by atoms with van der Waals surface area (Å²) in [5.74, 6) is 1.35. The first-order valence-corrected chi connectivity index (χ1v) is 9.52. The average Bonchev–Trinajstić information content (AvgIpc) is 3.11. The fourth-order valence-corrected chi connectivity index (χ4v) is 4.53. The highest BCUT2D eigenvalue weighted by molar-refractivity contribution is 7.99. The molecule has 1 fully saturated rings. The number of carbonyl (C=O) groups is 1. The molecule has 0 radical (unpaired) electrons. The Morgan fingerprint density at radius 1 is 1.46 bits per heavy atom. The standard InChI is InChI=1S/C17H18N2O3S2/c1-22-14-6-5-11(16-19-13(10-24-16)17(20)21)8-12(14)9-23-15-4-2-3-7-18-15/h2-8,13,16,19H,9-10H2,1H3,(H,20,21). The van der Waals surface area contributed by atoms with Crippen molar-refractivity contribution in [3.63, 3.8) is 0 Å². The number of nitrogens with zero attached hydrogens (tertiary/aromatic N) is 1. The number of pyridine rings is 1. The third-order valence-electron chi connectivity index (χ3n) is 3.70. The number of hydrogen-bond acceptors (Lipinski definition) is 6. The highest BCUT2D eigenvalue weighted by atomic mass is 32.2. The van der Waals surface area contributed by atoms with Gasteiger partial charge in [0, 0.05) is 23.3 Å². The number of nitrogens with one attached hydrogen (secondary N) is 1. The van der Waals surface area contributed by atoms with Crippen molar-refractivity contribution in [2.24, 2.45) is 0 Å². The van der Waals surface area contributed by atoms with Crippen LogP contribution in [0, 0.1) is 0 Å². The lowest BCUT2D eigenvalue weighted by atomic mass is 10.1. The van der Waals surface area contributed by atoms with Gasteiger partial charge in [0.2, 0.25) is 0 Å². The van der Waals surface area contributed by atoms with Gasteiger partial charge in [0.15, 0.2) is 0 Å². The molecule has 0 saturated carbocycles. The summed E-state index contributed by atoms with van der Waals surface area (Å²) in [6, 6.07) is 11.4. The molecule has 1 saturated heterocycles. The molecular formula is C17H18N2O3S2. The van der Waals surface area contributed by atoms with Crippen LogP contribution < -0.4 is 10.1 Å². The minimum absolute atomic E-state index is 0.00407. The lowest BCUT2D eigenvalue weighted by molar-refractivity contribution is -0.138. The molecule has 0 spiro atoms. The third kappa shape index (κ3) is 4.03. The number of aromatic nitrogens is 1. The van der Waals surface area contributed by atoms with Crippen molar-refractivity contribution in [1.82, 2.24) is 10.3 Å². The first-order chi connectivity index (χ1) is 11.7. The molecule has 1 aliphatic heterocycles. The number of rotatable bonds is 6. The fraction of sp³-hybridized carbons (Fsp3) is 0.294. The zero-order valence-corrected chi connectivity index (χ0v) is 14.8. The lowest BCUT2D eigenvalue weighted by Crippen LogP contribution is -2.33. The van der Waals surface area contributed by atoms with E-state index in [0.717, 1.165) is 27.7 Å². The third-order valence-corrected chi connectivity index (χ3v) is 5.96. The second-order valence-electron chi connectivity index (χ2n) is 5.30.